The summed E-state index contributed by atoms with van der Waals surface area (Å²) < 4.78 is 4.96. The van der Waals surface area contributed by atoms with Gasteiger partial charge < -0.3 is 4.65 Å². The van der Waals surface area contributed by atoms with Gasteiger partial charge in [0.25, 0.3) is 0 Å². The molecule has 2 aromatic carbocycles. The number of hydrogen-bond acceptors (Lipinski definition) is 0. The Labute approximate surface area is 152 Å². The molecule has 0 radical (unpaired) electrons. The Balaban J connectivity index is 0.00000242. The Morgan fingerprint density at radius 3 is 1.27 bits per heavy atom. The zero-order chi connectivity index (χ0) is 15.2. The Morgan fingerprint density at radius 2 is 0.955 bits per heavy atom. The molecule has 112 valence electrons. The topological polar surface area (TPSA) is 14.1 Å². The minimum Gasteiger partial charge on any atom is -0.676 e. The molecule has 0 amide bonds. The molecule has 2 rings (SSSR count). The van der Waals surface area contributed by atoms with Gasteiger partial charge in [-0.3, -0.25) is 0 Å². The van der Waals surface area contributed by atoms with E-state index in [1.54, 1.807) is 0 Å². The second kappa shape index (κ2) is 9.54. The fourth-order valence-corrected chi connectivity index (χ4v) is 6.21. The monoisotopic (exact) mass is 319 g/mol. The molecule has 0 aliphatic carbocycles. The molecule has 0 saturated carbocycles. The van der Waals surface area contributed by atoms with Gasteiger partial charge >= 0.3 is 18.9 Å². The average Bonchev–Trinajstić information content (AvgIpc) is 2.36. The van der Waals surface area contributed by atoms with E-state index in [2.05, 4.69) is 64.1 Å². The first-order chi connectivity index (χ1) is 10.0. The third kappa shape index (κ3) is 6.68. The van der Waals surface area contributed by atoms with Crippen molar-refractivity contribution in [2.75, 3.05) is 0 Å². The van der Waals surface area contributed by atoms with Gasteiger partial charge in [-0.1, -0.05) is 101 Å². The summed E-state index contributed by atoms with van der Waals surface area (Å²) in [6.07, 6.45) is 0. The van der Waals surface area contributed by atoms with Crippen molar-refractivity contribution in [3.63, 3.8) is 0 Å². The number of rotatable bonds is 6. The molecule has 0 atom stereocenters. The summed E-state index contributed by atoms with van der Waals surface area (Å²) in [6, 6.07) is 16.2. The van der Waals surface area contributed by atoms with E-state index < -0.39 is 0 Å². The van der Waals surface area contributed by atoms with Crippen molar-refractivity contribution < 1.29 is 18.9 Å². The van der Waals surface area contributed by atoms with Gasteiger partial charge in [-0.25, -0.2) is 0 Å². The van der Waals surface area contributed by atoms with E-state index >= 15 is 0 Å². The molecule has 0 heterocycles. The van der Waals surface area contributed by atoms with E-state index in [0.717, 1.165) is 0 Å². The molecule has 0 unspecified atom stereocenters. The van der Waals surface area contributed by atoms with Crippen LogP contribution in [0.2, 0.25) is 0 Å². The number of benzene rings is 2. The Morgan fingerprint density at radius 1 is 0.636 bits per heavy atom. The van der Waals surface area contributed by atoms with E-state index in [1.807, 2.05) is 0 Å². The van der Waals surface area contributed by atoms with Crippen molar-refractivity contribution >= 4 is 19.4 Å². The van der Waals surface area contributed by atoms with Gasteiger partial charge in [0.2, 0.25) is 0 Å². The summed E-state index contributed by atoms with van der Waals surface area (Å²) in [6.45, 7) is 8.74. The zero-order valence-corrected chi connectivity index (χ0v) is 17.6. The molecule has 0 fully saturated rings. The van der Waals surface area contributed by atoms with Crippen LogP contribution in [0.25, 0.3) is 4.65 Å². The summed E-state index contributed by atoms with van der Waals surface area (Å²) in [5.74, 6) is 0. The van der Waals surface area contributed by atoms with E-state index in [9.17, 15) is 0 Å². The van der Waals surface area contributed by atoms with E-state index in [4.69, 9.17) is 4.65 Å². The first kappa shape index (κ1) is 19.5. The molecule has 0 saturated heterocycles. The largest absolute Gasteiger partial charge is 1.00 e. The van der Waals surface area contributed by atoms with Crippen LogP contribution in [-0.2, 0) is 12.1 Å². The maximum absolute atomic E-state index is 4.96. The molecule has 0 aliphatic heterocycles. The number of nitrogens with zero attached hydrogens (tertiary/aromatic N) is 1. The second-order valence-corrected chi connectivity index (χ2v) is 9.85. The maximum Gasteiger partial charge on any atom is 1.00 e. The smallest absolute Gasteiger partial charge is 0.676 e. The SMILES string of the molecule is Cc1cc(C)cc(C[SiH2][N-][SiH2]Cc2cc(C)cc(C)c2)c1.[Li+]. The summed E-state index contributed by atoms with van der Waals surface area (Å²) >= 11 is 0. The van der Waals surface area contributed by atoms with Gasteiger partial charge in [-0.05, 0) is 27.7 Å². The first-order valence-electron chi connectivity index (χ1n) is 7.80. The maximum atomic E-state index is 4.96. The van der Waals surface area contributed by atoms with Crippen LogP contribution in [-0.4, -0.2) is 19.4 Å². The van der Waals surface area contributed by atoms with Gasteiger partial charge in [-0.2, -0.15) is 0 Å². The molecule has 0 bridgehead atoms. The average molecular weight is 320 g/mol. The van der Waals surface area contributed by atoms with Gasteiger partial charge in [0.15, 0.2) is 0 Å². The van der Waals surface area contributed by atoms with Crippen molar-refractivity contribution in [2.45, 2.75) is 39.8 Å². The van der Waals surface area contributed by atoms with Crippen LogP contribution < -0.4 is 18.9 Å². The van der Waals surface area contributed by atoms with Crippen LogP contribution in [0.15, 0.2) is 36.4 Å². The quantitative estimate of drug-likeness (QED) is 0.532. The van der Waals surface area contributed by atoms with Gasteiger partial charge in [0, 0.05) is 0 Å². The van der Waals surface area contributed by atoms with Crippen LogP contribution in [0.1, 0.15) is 33.4 Å². The second-order valence-electron chi connectivity index (χ2n) is 6.16. The third-order valence-electron chi connectivity index (χ3n) is 3.68. The predicted octanol–water partition coefficient (Wildman–Crippen LogP) is 0.166. The van der Waals surface area contributed by atoms with Crippen LogP contribution in [0.3, 0.4) is 0 Å². The Hall–Kier alpha value is -0.569. The summed E-state index contributed by atoms with van der Waals surface area (Å²) in [5, 5.41) is 0. The molecule has 4 heteroatoms. The minimum atomic E-state index is -0.267. The minimum absolute atomic E-state index is 0. The predicted molar refractivity (Wildman–Crippen MR) is 99.7 cm³/mol. The molecule has 2 aromatic rings. The van der Waals surface area contributed by atoms with Gasteiger partial charge in [0.1, 0.15) is 0 Å². The summed E-state index contributed by atoms with van der Waals surface area (Å²) in [7, 11) is -0.535. The molecular weight excluding hydrogens is 293 g/mol. The molecule has 0 N–H and O–H groups in total. The third-order valence-corrected chi connectivity index (χ3v) is 7.81. The van der Waals surface area contributed by atoms with E-state index in [-0.39, 0.29) is 38.2 Å². The van der Waals surface area contributed by atoms with Crippen LogP contribution in [0, 0.1) is 27.7 Å². The van der Waals surface area contributed by atoms with Crippen molar-refractivity contribution in [2.24, 2.45) is 0 Å². The Kier molecular flexibility index (Phi) is 8.45. The van der Waals surface area contributed by atoms with Gasteiger partial charge in [-0.15, -0.1) is 0 Å². The van der Waals surface area contributed by atoms with Crippen LogP contribution in [0.5, 0.6) is 0 Å². The molecule has 0 aliphatic rings. The van der Waals surface area contributed by atoms with E-state index in [1.165, 1.54) is 45.5 Å². The van der Waals surface area contributed by atoms with Gasteiger partial charge in [0.05, 0.1) is 0 Å². The summed E-state index contributed by atoms with van der Waals surface area (Å²) in [4.78, 5) is 0. The van der Waals surface area contributed by atoms with Crippen molar-refractivity contribution in [3.05, 3.63) is 74.4 Å². The zero-order valence-electron chi connectivity index (χ0n) is 14.7. The number of hydrogen-bond donors (Lipinski definition) is 0. The summed E-state index contributed by atoms with van der Waals surface area (Å²) in [5.41, 5.74) is 8.50. The molecule has 0 spiro atoms. The molecule has 1 nitrogen and oxygen atoms in total. The fourth-order valence-electron chi connectivity index (χ4n) is 2.95. The molecule has 22 heavy (non-hydrogen) atoms. The van der Waals surface area contributed by atoms with Crippen molar-refractivity contribution in [1.82, 2.24) is 0 Å². The normalized spacial score (nSPS) is 11.5. The first-order valence-corrected chi connectivity index (χ1v) is 11.1. The van der Waals surface area contributed by atoms with Crippen molar-refractivity contribution in [1.29, 1.82) is 0 Å². The Bertz CT molecular complexity index is 520. The van der Waals surface area contributed by atoms with E-state index in [0.29, 0.717) is 0 Å². The standard InChI is InChI=1S/C18H26NSi2.Li/c1-13-5-14(2)8-17(7-13)11-20-19-21-12-18-9-15(3)6-16(4)10-18;/h5-10H,11-12,20-21H2,1-4H3;/q-1;+1. The molecular formula is C18H26LiNSi2. The fraction of sp³-hybridized carbons (Fsp3) is 0.333. The van der Waals surface area contributed by atoms with Crippen molar-refractivity contribution in [3.8, 4) is 0 Å². The number of aryl methyl sites for hydroxylation is 4. The molecule has 0 aromatic heterocycles. The van der Waals surface area contributed by atoms with Crippen LogP contribution in [0.4, 0.5) is 0 Å². The van der Waals surface area contributed by atoms with Crippen LogP contribution >= 0.6 is 0 Å².